The Labute approximate surface area is 110 Å². The highest BCUT2D eigenvalue weighted by Crippen LogP contribution is 2.19. The lowest BCUT2D eigenvalue weighted by Crippen LogP contribution is -2.39. The molecule has 1 unspecified atom stereocenters. The van der Waals surface area contributed by atoms with Crippen molar-refractivity contribution in [2.24, 2.45) is 16.8 Å². The Hall–Kier alpha value is -1.55. The molecule has 0 saturated carbocycles. The fourth-order valence-corrected chi connectivity index (χ4v) is 2.29. The van der Waals surface area contributed by atoms with Crippen LogP contribution in [-0.2, 0) is 0 Å². The zero-order chi connectivity index (χ0) is 13.4. The predicted molar refractivity (Wildman–Crippen MR) is 71.6 cm³/mol. The van der Waals surface area contributed by atoms with Crippen LogP contribution in [0, 0.1) is 34.6 Å². The van der Waals surface area contributed by atoms with Crippen molar-refractivity contribution in [2.45, 2.75) is 46.0 Å². The Morgan fingerprint density at radius 1 is 1.17 bits per heavy atom. The Balaban J connectivity index is 2.72. The Morgan fingerprint density at radius 2 is 1.83 bits per heavy atom. The van der Waals surface area contributed by atoms with Gasteiger partial charge >= 0.3 is 0 Å². The average molecular weight is 246 g/mol. The second kappa shape index (κ2) is 7.71. The SMILES string of the molecule is CC(C)CCC(C#N)C(=NC#N)N1CCCCC1. The average Bonchev–Trinajstić information content (AvgIpc) is 2.39. The number of rotatable bonds is 4. The molecule has 0 aromatic carbocycles. The second-order valence-corrected chi connectivity index (χ2v) is 5.27. The van der Waals surface area contributed by atoms with Crippen molar-refractivity contribution in [2.75, 3.05) is 13.1 Å². The third-order valence-electron chi connectivity index (χ3n) is 3.34. The first-order valence-electron chi connectivity index (χ1n) is 6.80. The molecule has 0 amide bonds. The third-order valence-corrected chi connectivity index (χ3v) is 3.34. The molecule has 0 aliphatic carbocycles. The van der Waals surface area contributed by atoms with Crippen molar-refractivity contribution in [3.8, 4) is 12.3 Å². The molecule has 4 nitrogen and oxygen atoms in total. The maximum Gasteiger partial charge on any atom is 0.207 e. The maximum atomic E-state index is 9.30. The highest BCUT2D eigenvalue weighted by atomic mass is 15.2. The summed E-state index contributed by atoms with van der Waals surface area (Å²) in [5.41, 5.74) is 0. The molecule has 0 aromatic heterocycles. The van der Waals surface area contributed by atoms with Gasteiger partial charge in [-0.25, -0.2) is 0 Å². The predicted octanol–water partition coefficient (Wildman–Crippen LogP) is 2.93. The summed E-state index contributed by atoms with van der Waals surface area (Å²) in [6.45, 7) is 6.16. The zero-order valence-corrected chi connectivity index (χ0v) is 11.4. The molecule has 0 aromatic rings. The van der Waals surface area contributed by atoms with Gasteiger partial charge in [-0.3, -0.25) is 0 Å². The Bertz CT molecular complexity index is 353. The van der Waals surface area contributed by atoms with Gasteiger partial charge in [-0.05, 0) is 38.0 Å². The number of nitrogens with zero attached hydrogens (tertiary/aromatic N) is 4. The summed E-state index contributed by atoms with van der Waals surface area (Å²) in [6, 6.07) is 2.32. The van der Waals surface area contributed by atoms with Crippen LogP contribution in [0.1, 0.15) is 46.0 Å². The number of aliphatic imine (C=N–C) groups is 1. The summed E-state index contributed by atoms with van der Waals surface area (Å²) in [4.78, 5) is 6.05. The van der Waals surface area contributed by atoms with Crippen LogP contribution in [-0.4, -0.2) is 23.8 Å². The summed E-state index contributed by atoms with van der Waals surface area (Å²) in [5.74, 6) is 1.04. The van der Waals surface area contributed by atoms with Crippen molar-refractivity contribution >= 4 is 5.84 Å². The van der Waals surface area contributed by atoms with E-state index in [9.17, 15) is 5.26 Å². The van der Waals surface area contributed by atoms with E-state index in [-0.39, 0.29) is 5.92 Å². The first kappa shape index (κ1) is 14.5. The van der Waals surface area contributed by atoms with Gasteiger partial charge in [0.25, 0.3) is 0 Å². The molecule has 1 atom stereocenters. The summed E-state index contributed by atoms with van der Waals surface area (Å²) in [6.07, 6.45) is 7.16. The largest absolute Gasteiger partial charge is 0.358 e. The standard InChI is InChI=1S/C14H22N4/c1-12(2)6-7-13(10-15)14(17-11-16)18-8-4-3-5-9-18/h12-13H,3-9H2,1-2H3. The van der Waals surface area contributed by atoms with Crippen LogP contribution in [0.3, 0.4) is 0 Å². The van der Waals surface area contributed by atoms with Crippen molar-refractivity contribution < 1.29 is 0 Å². The summed E-state index contributed by atoms with van der Waals surface area (Å²) >= 11 is 0. The van der Waals surface area contributed by atoms with E-state index in [0.29, 0.717) is 11.8 Å². The minimum Gasteiger partial charge on any atom is -0.358 e. The van der Waals surface area contributed by atoms with Crippen LogP contribution in [0.15, 0.2) is 4.99 Å². The lowest BCUT2D eigenvalue weighted by Gasteiger charge is -2.31. The van der Waals surface area contributed by atoms with Gasteiger partial charge in [0.05, 0.1) is 6.07 Å². The van der Waals surface area contributed by atoms with Gasteiger partial charge < -0.3 is 4.90 Å². The monoisotopic (exact) mass is 246 g/mol. The van der Waals surface area contributed by atoms with E-state index < -0.39 is 0 Å². The van der Waals surface area contributed by atoms with Gasteiger partial charge in [-0.15, -0.1) is 0 Å². The van der Waals surface area contributed by atoms with Gasteiger partial charge in [0.15, 0.2) is 0 Å². The van der Waals surface area contributed by atoms with Gasteiger partial charge in [-0.1, -0.05) is 13.8 Å². The molecule has 0 radical (unpaired) electrons. The zero-order valence-electron chi connectivity index (χ0n) is 11.4. The number of piperidine rings is 1. The van der Waals surface area contributed by atoms with E-state index in [1.165, 1.54) is 6.42 Å². The van der Waals surface area contributed by atoms with E-state index in [1.807, 2.05) is 6.19 Å². The first-order valence-corrected chi connectivity index (χ1v) is 6.80. The minimum absolute atomic E-state index is 0.231. The molecule has 0 N–H and O–H groups in total. The molecule has 1 fully saturated rings. The first-order chi connectivity index (χ1) is 8.69. The number of hydrogen-bond donors (Lipinski definition) is 0. The molecule has 0 spiro atoms. The van der Waals surface area contributed by atoms with Crippen molar-refractivity contribution in [3.63, 3.8) is 0 Å². The van der Waals surface area contributed by atoms with Crippen LogP contribution in [0.2, 0.25) is 0 Å². The number of hydrogen-bond acceptors (Lipinski definition) is 3. The molecule has 1 saturated heterocycles. The van der Waals surface area contributed by atoms with E-state index in [2.05, 4.69) is 29.8 Å². The molecule has 1 aliphatic heterocycles. The molecule has 1 aliphatic rings. The van der Waals surface area contributed by atoms with Crippen LogP contribution >= 0.6 is 0 Å². The van der Waals surface area contributed by atoms with E-state index in [0.717, 1.165) is 38.8 Å². The van der Waals surface area contributed by atoms with Gasteiger partial charge in [-0.2, -0.15) is 15.5 Å². The highest BCUT2D eigenvalue weighted by molar-refractivity contribution is 5.87. The molecule has 1 rings (SSSR count). The quantitative estimate of drug-likeness (QED) is 0.435. The van der Waals surface area contributed by atoms with E-state index in [1.54, 1.807) is 0 Å². The van der Waals surface area contributed by atoms with Gasteiger partial charge in [0.2, 0.25) is 6.19 Å². The lowest BCUT2D eigenvalue weighted by molar-refractivity contribution is 0.328. The second-order valence-electron chi connectivity index (χ2n) is 5.27. The molecule has 18 heavy (non-hydrogen) atoms. The normalized spacial score (nSPS) is 18.3. The molecule has 4 heteroatoms. The molecule has 0 bridgehead atoms. The molecular weight excluding hydrogens is 224 g/mol. The van der Waals surface area contributed by atoms with Crippen molar-refractivity contribution in [1.82, 2.24) is 4.90 Å². The third kappa shape index (κ3) is 4.37. The number of amidine groups is 1. The number of likely N-dealkylation sites (tertiary alicyclic amines) is 1. The van der Waals surface area contributed by atoms with Crippen molar-refractivity contribution in [1.29, 1.82) is 10.5 Å². The van der Waals surface area contributed by atoms with Crippen molar-refractivity contribution in [3.05, 3.63) is 0 Å². The smallest absolute Gasteiger partial charge is 0.207 e. The van der Waals surface area contributed by atoms with Gasteiger partial charge in [0, 0.05) is 13.1 Å². The maximum absolute atomic E-state index is 9.30. The van der Waals surface area contributed by atoms with E-state index in [4.69, 9.17) is 5.26 Å². The van der Waals surface area contributed by atoms with E-state index >= 15 is 0 Å². The summed E-state index contributed by atoms with van der Waals surface area (Å²) in [5, 5.41) is 18.1. The fraction of sp³-hybridized carbons (Fsp3) is 0.786. The van der Waals surface area contributed by atoms with Crippen LogP contribution in [0.25, 0.3) is 0 Å². The minimum atomic E-state index is -0.231. The molecule has 98 valence electrons. The van der Waals surface area contributed by atoms with Crippen LogP contribution in [0.5, 0.6) is 0 Å². The lowest BCUT2D eigenvalue weighted by atomic mass is 9.96. The molecule has 1 heterocycles. The summed E-state index contributed by atoms with van der Waals surface area (Å²) in [7, 11) is 0. The highest BCUT2D eigenvalue weighted by Gasteiger charge is 2.23. The Morgan fingerprint density at radius 3 is 2.33 bits per heavy atom. The van der Waals surface area contributed by atoms with Crippen LogP contribution in [0.4, 0.5) is 0 Å². The molecular formula is C14H22N4. The van der Waals surface area contributed by atoms with Gasteiger partial charge in [0.1, 0.15) is 11.8 Å². The Kier molecular flexibility index (Phi) is 6.22. The number of nitriles is 2. The summed E-state index contributed by atoms with van der Waals surface area (Å²) < 4.78 is 0. The van der Waals surface area contributed by atoms with Crippen LogP contribution < -0.4 is 0 Å². The topological polar surface area (TPSA) is 63.2 Å². The fourth-order valence-electron chi connectivity index (χ4n) is 2.29.